The highest BCUT2D eigenvalue weighted by molar-refractivity contribution is 7.91. The van der Waals surface area contributed by atoms with E-state index in [1.165, 1.54) is 32.4 Å². The number of amides is 1. The van der Waals surface area contributed by atoms with Gasteiger partial charge in [0.1, 0.15) is 34.0 Å². The molecular weight excluding hydrogens is 663 g/mol. The number of benzene rings is 2. The lowest BCUT2D eigenvalue weighted by atomic mass is 10.0. The quantitative estimate of drug-likeness (QED) is 0.261. The number of carbonyl (C=O) groups excluding carboxylic acids is 1. The Morgan fingerprint density at radius 2 is 1.78 bits per heavy atom. The summed E-state index contributed by atoms with van der Waals surface area (Å²) in [5.41, 5.74) is 2.19. The van der Waals surface area contributed by atoms with Crippen molar-refractivity contribution < 1.29 is 35.9 Å². The normalized spacial score (nSPS) is 19.0. The molecule has 49 heavy (non-hydrogen) atoms. The number of piperazine rings is 1. The number of rotatable bonds is 7. The molecule has 0 saturated carbocycles. The molecule has 1 amide bonds. The van der Waals surface area contributed by atoms with Gasteiger partial charge in [-0.05, 0) is 37.1 Å². The van der Waals surface area contributed by atoms with E-state index in [1.54, 1.807) is 11.1 Å². The number of nitrogens with one attached hydrogen (secondary N) is 1. The second kappa shape index (κ2) is 12.6. The number of alkyl halides is 3. The number of hydrogen-bond donors (Lipinski definition) is 1. The summed E-state index contributed by atoms with van der Waals surface area (Å²) in [6, 6.07) is 13.2. The number of imidazole rings is 2. The van der Waals surface area contributed by atoms with Gasteiger partial charge in [0.25, 0.3) is 0 Å². The molecule has 5 aromatic rings. The van der Waals surface area contributed by atoms with E-state index in [0.29, 0.717) is 54.6 Å². The number of ether oxygens (including phenoxy) is 2. The maximum absolute atomic E-state index is 14.2. The fraction of sp³-hybridized carbons (Fsp3) is 0.394. The molecule has 2 saturated heterocycles. The standard InChI is InChI=1S/C33H34F3N7O5S/c1-47-22-7-8-25-27(16-22)43(32(40-25)33(34,35)36)19-29(44)42-12-11-41(21-9-13-49(45,46)14-10-21)18-28(42)30-37-17-26(38-30)23-15-20-5-3-4-6-24(20)39-31(23)48-2/h3-8,15-17,21,28H,9-14,18-19H2,1-2H3,(H,37,38)/t28-/m0/s1. The first-order valence-electron chi connectivity index (χ1n) is 15.8. The lowest BCUT2D eigenvalue weighted by Gasteiger charge is -2.44. The van der Waals surface area contributed by atoms with Gasteiger partial charge in [-0.15, -0.1) is 0 Å². The maximum Gasteiger partial charge on any atom is 0.449 e. The first kappa shape index (κ1) is 32.8. The third-order valence-electron chi connectivity index (χ3n) is 9.36. The van der Waals surface area contributed by atoms with Gasteiger partial charge in [-0.1, -0.05) is 18.2 Å². The molecule has 5 heterocycles. The molecule has 2 aliphatic rings. The molecule has 2 fully saturated rings. The lowest BCUT2D eigenvalue weighted by Crippen LogP contribution is -2.55. The molecule has 3 aromatic heterocycles. The van der Waals surface area contributed by atoms with Crippen molar-refractivity contribution in [3.63, 3.8) is 0 Å². The van der Waals surface area contributed by atoms with Crippen LogP contribution >= 0.6 is 0 Å². The van der Waals surface area contributed by atoms with Gasteiger partial charge in [0, 0.05) is 37.1 Å². The molecule has 258 valence electrons. The van der Waals surface area contributed by atoms with E-state index in [4.69, 9.17) is 9.47 Å². The molecule has 0 radical (unpaired) electrons. The van der Waals surface area contributed by atoms with Crippen molar-refractivity contribution in [2.45, 2.75) is 37.6 Å². The summed E-state index contributed by atoms with van der Waals surface area (Å²) in [5, 5.41) is 0.881. The van der Waals surface area contributed by atoms with Crippen molar-refractivity contribution in [3.8, 4) is 22.9 Å². The fourth-order valence-corrected chi connectivity index (χ4v) is 8.30. The molecule has 12 nitrogen and oxygen atoms in total. The van der Waals surface area contributed by atoms with Gasteiger partial charge in [0.05, 0.1) is 59.7 Å². The van der Waals surface area contributed by atoms with Crippen LogP contribution in [0.5, 0.6) is 11.6 Å². The summed E-state index contributed by atoms with van der Waals surface area (Å²) < 4.78 is 78.7. The van der Waals surface area contributed by atoms with Gasteiger partial charge in [-0.2, -0.15) is 13.2 Å². The van der Waals surface area contributed by atoms with E-state index in [1.807, 2.05) is 30.3 Å². The fourth-order valence-electron chi connectivity index (χ4n) is 6.83. The number of fused-ring (bicyclic) bond motifs is 2. The molecule has 16 heteroatoms. The number of aromatic amines is 1. The van der Waals surface area contributed by atoms with Crippen LogP contribution in [0.3, 0.4) is 0 Å². The zero-order chi connectivity index (χ0) is 34.5. The number of nitrogens with zero attached hydrogens (tertiary/aromatic N) is 6. The van der Waals surface area contributed by atoms with Crippen LogP contribution in [0, 0.1) is 0 Å². The van der Waals surface area contributed by atoms with Crippen molar-refractivity contribution in [3.05, 3.63) is 66.4 Å². The first-order valence-corrected chi connectivity index (χ1v) is 17.6. The minimum atomic E-state index is -4.81. The second-order valence-electron chi connectivity index (χ2n) is 12.3. The van der Waals surface area contributed by atoms with Gasteiger partial charge >= 0.3 is 6.18 Å². The SMILES string of the molecule is COc1ccc2nc(C(F)(F)F)n(CC(=O)N3CCN(C4CCS(=O)(=O)CC4)C[C@H]3c3ncc(-c4cc5ccccc5nc4OC)[nH]3)c2c1. The Kier molecular flexibility index (Phi) is 8.47. The largest absolute Gasteiger partial charge is 0.497 e. The van der Waals surface area contributed by atoms with Crippen LogP contribution < -0.4 is 9.47 Å². The summed E-state index contributed by atoms with van der Waals surface area (Å²) in [6.07, 6.45) is -2.26. The van der Waals surface area contributed by atoms with Gasteiger partial charge in [0.15, 0.2) is 0 Å². The van der Waals surface area contributed by atoms with E-state index in [0.717, 1.165) is 15.5 Å². The Morgan fingerprint density at radius 1 is 1.00 bits per heavy atom. The van der Waals surface area contributed by atoms with Gasteiger partial charge in [-0.25, -0.2) is 23.4 Å². The Bertz CT molecular complexity index is 2140. The predicted octanol–water partition coefficient (Wildman–Crippen LogP) is 4.47. The molecule has 0 aliphatic carbocycles. The Hall–Kier alpha value is -4.70. The van der Waals surface area contributed by atoms with E-state index in [9.17, 15) is 26.4 Å². The number of sulfone groups is 1. The molecule has 2 aromatic carbocycles. The summed E-state index contributed by atoms with van der Waals surface area (Å²) >= 11 is 0. The summed E-state index contributed by atoms with van der Waals surface area (Å²) in [5.74, 6) is -0.433. The third-order valence-corrected chi connectivity index (χ3v) is 11.1. The highest BCUT2D eigenvalue weighted by atomic mass is 32.2. The van der Waals surface area contributed by atoms with Gasteiger partial charge in [-0.3, -0.25) is 9.69 Å². The van der Waals surface area contributed by atoms with Crippen molar-refractivity contribution in [2.24, 2.45) is 0 Å². The molecular formula is C33H34F3N7O5S. The molecule has 1 atom stereocenters. The van der Waals surface area contributed by atoms with Crippen molar-refractivity contribution in [2.75, 3.05) is 45.4 Å². The van der Waals surface area contributed by atoms with E-state index < -0.39 is 40.3 Å². The molecule has 2 aliphatic heterocycles. The minimum Gasteiger partial charge on any atom is -0.497 e. The number of para-hydroxylation sites is 1. The Morgan fingerprint density at radius 3 is 2.51 bits per heavy atom. The van der Waals surface area contributed by atoms with Crippen molar-refractivity contribution >= 4 is 37.7 Å². The third kappa shape index (κ3) is 6.41. The molecule has 0 bridgehead atoms. The van der Waals surface area contributed by atoms with E-state index in [-0.39, 0.29) is 35.1 Å². The van der Waals surface area contributed by atoms with Crippen LogP contribution in [-0.4, -0.2) is 100 Å². The zero-order valence-electron chi connectivity index (χ0n) is 26.8. The maximum atomic E-state index is 14.2. The average molecular weight is 698 g/mol. The van der Waals surface area contributed by atoms with Crippen LogP contribution in [0.25, 0.3) is 33.2 Å². The zero-order valence-corrected chi connectivity index (χ0v) is 27.6. The van der Waals surface area contributed by atoms with Crippen molar-refractivity contribution in [1.29, 1.82) is 0 Å². The topological polar surface area (TPSA) is 136 Å². The second-order valence-corrected chi connectivity index (χ2v) is 14.6. The number of pyridine rings is 1. The number of hydrogen-bond acceptors (Lipinski definition) is 9. The number of halogens is 3. The van der Waals surface area contributed by atoms with Crippen molar-refractivity contribution in [1.82, 2.24) is 34.3 Å². The van der Waals surface area contributed by atoms with Crippen LogP contribution in [0.4, 0.5) is 13.2 Å². The Balaban J connectivity index is 1.24. The molecule has 7 rings (SSSR count). The summed E-state index contributed by atoms with van der Waals surface area (Å²) in [7, 11) is -0.172. The summed E-state index contributed by atoms with van der Waals surface area (Å²) in [6.45, 7) is 0.308. The minimum absolute atomic E-state index is 0.0237. The van der Waals surface area contributed by atoms with Crippen LogP contribution in [-0.2, 0) is 27.4 Å². The van der Waals surface area contributed by atoms with Gasteiger partial charge in [0.2, 0.25) is 17.6 Å². The average Bonchev–Trinajstić information content (AvgIpc) is 3.73. The Labute approximate surface area is 279 Å². The number of H-pyrrole nitrogens is 1. The summed E-state index contributed by atoms with van der Waals surface area (Å²) in [4.78, 5) is 34.3. The van der Waals surface area contributed by atoms with Gasteiger partial charge < -0.3 is 23.9 Å². The highest BCUT2D eigenvalue weighted by Crippen LogP contribution is 2.36. The van der Waals surface area contributed by atoms with Crippen LogP contribution in [0.15, 0.2) is 54.7 Å². The monoisotopic (exact) mass is 697 g/mol. The predicted molar refractivity (Wildman–Crippen MR) is 175 cm³/mol. The molecule has 0 unspecified atom stereocenters. The number of aromatic nitrogens is 5. The lowest BCUT2D eigenvalue weighted by molar-refractivity contribution is -0.148. The first-order chi connectivity index (χ1) is 23.4. The smallest absolute Gasteiger partial charge is 0.449 e. The van der Waals surface area contributed by atoms with E-state index in [2.05, 4.69) is 24.8 Å². The number of carbonyl (C=O) groups is 1. The van der Waals surface area contributed by atoms with Crippen LogP contribution in [0.1, 0.15) is 30.5 Å². The van der Waals surface area contributed by atoms with E-state index >= 15 is 0 Å². The molecule has 1 N–H and O–H groups in total. The molecule has 0 spiro atoms. The highest BCUT2D eigenvalue weighted by Gasteiger charge is 2.41. The number of methoxy groups -OCH3 is 2. The van der Waals surface area contributed by atoms with Crippen LogP contribution in [0.2, 0.25) is 0 Å².